The van der Waals surface area contributed by atoms with Crippen LogP contribution in [0.3, 0.4) is 0 Å². The first-order valence-corrected chi connectivity index (χ1v) is 5.09. The largest absolute Gasteiger partial charge is 0.493 e. The molecule has 0 N–H and O–H groups in total. The molecule has 2 unspecified atom stereocenters. The number of methoxy groups -OCH3 is 1. The lowest BCUT2D eigenvalue weighted by molar-refractivity contribution is -0.138. The fraction of sp³-hybridized carbons (Fsp3) is 0.500. The number of hydrogen-bond acceptors (Lipinski definition) is 3. The molecule has 0 bridgehead atoms. The smallest absolute Gasteiger partial charge is 0.201 e. The van der Waals surface area contributed by atoms with Crippen LogP contribution >= 0.6 is 0 Å². The number of ether oxygens (including phenoxy) is 1. The van der Waals surface area contributed by atoms with Crippen molar-refractivity contribution in [1.82, 2.24) is 0 Å². The van der Waals surface area contributed by atoms with Crippen molar-refractivity contribution in [2.45, 2.75) is 19.8 Å². The van der Waals surface area contributed by atoms with Gasteiger partial charge in [0.1, 0.15) is 0 Å². The molecule has 0 aromatic carbocycles. The van der Waals surface area contributed by atoms with Gasteiger partial charge < -0.3 is 4.74 Å². The minimum Gasteiger partial charge on any atom is -0.493 e. The maximum absolute atomic E-state index is 12.0. The van der Waals surface area contributed by atoms with E-state index in [1.165, 1.54) is 13.2 Å². The topological polar surface area (TPSA) is 43.4 Å². The van der Waals surface area contributed by atoms with Crippen molar-refractivity contribution in [2.24, 2.45) is 11.3 Å². The van der Waals surface area contributed by atoms with Crippen LogP contribution in [0.15, 0.2) is 24.0 Å². The van der Waals surface area contributed by atoms with Crippen LogP contribution in [0.5, 0.6) is 0 Å². The third-order valence-corrected chi connectivity index (χ3v) is 3.45. The molecule has 2 aliphatic rings. The predicted octanol–water partition coefficient (Wildman–Crippen LogP) is 1.64. The number of Topliss-reactive ketones (excluding diaryl/α,β-unsaturated/α-hetero) is 1. The number of fused-ring (bicyclic) bond motifs is 1. The van der Waals surface area contributed by atoms with Crippen molar-refractivity contribution >= 4 is 11.6 Å². The Kier molecular flexibility index (Phi) is 2.25. The first-order chi connectivity index (χ1) is 7.09. The van der Waals surface area contributed by atoms with Gasteiger partial charge in [-0.2, -0.15) is 0 Å². The molecule has 0 spiro atoms. The summed E-state index contributed by atoms with van der Waals surface area (Å²) in [4.78, 5) is 23.9. The Balaban J connectivity index is 2.46. The van der Waals surface area contributed by atoms with E-state index in [0.29, 0.717) is 12.8 Å². The Hall–Kier alpha value is -1.38. The van der Waals surface area contributed by atoms with E-state index >= 15 is 0 Å². The molecule has 80 valence electrons. The van der Waals surface area contributed by atoms with E-state index in [1.54, 1.807) is 0 Å². The van der Waals surface area contributed by atoms with E-state index < -0.39 is 5.41 Å². The van der Waals surface area contributed by atoms with Gasteiger partial charge in [-0.25, -0.2) is 0 Å². The molecule has 2 atom stereocenters. The number of rotatable bonds is 1. The van der Waals surface area contributed by atoms with Gasteiger partial charge in [0.05, 0.1) is 7.11 Å². The van der Waals surface area contributed by atoms with E-state index in [9.17, 15) is 9.59 Å². The van der Waals surface area contributed by atoms with Gasteiger partial charge in [-0.3, -0.25) is 9.59 Å². The maximum atomic E-state index is 12.0. The molecule has 0 saturated heterocycles. The highest BCUT2D eigenvalue weighted by Gasteiger charge is 2.48. The molecule has 0 fully saturated rings. The van der Waals surface area contributed by atoms with E-state index in [-0.39, 0.29) is 23.2 Å². The van der Waals surface area contributed by atoms with Crippen molar-refractivity contribution in [2.75, 3.05) is 7.11 Å². The van der Waals surface area contributed by atoms with Crippen LogP contribution in [0.1, 0.15) is 19.8 Å². The van der Waals surface area contributed by atoms with Crippen molar-refractivity contribution in [3.05, 3.63) is 24.0 Å². The van der Waals surface area contributed by atoms with Crippen molar-refractivity contribution in [3.63, 3.8) is 0 Å². The number of carbonyl (C=O) groups excluding carboxylic acids is 2. The molecule has 0 heterocycles. The fourth-order valence-electron chi connectivity index (χ4n) is 2.32. The van der Waals surface area contributed by atoms with Gasteiger partial charge in [0.2, 0.25) is 5.78 Å². The van der Waals surface area contributed by atoms with Crippen LogP contribution in [0.2, 0.25) is 0 Å². The second-order valence-electron chi connectivity index (χ2n) is 4.32. The quantitative estimate of drug-likeness (QED) is 0.612. The summed E-state index contributed by atoms with van der Waals surface area (Å²) < 4.78 is 4.93. The van der Waals surface area contributed by atoms with Gasteiger partial charge in [-0.05, 0) is 12.8 Å². The molecule has 2 rings (SSSR count). The van der Waals surface area contributed by atoms with Crippen LogP contribution < -0.4 is 0 Å². The summed E-state index contributed by atoms with van der Waals surface area (Å²) in [6, 6.07) is 0. The van der Waals surface area contributed by atoms with Crippen LogP contribution in [0, 0.1) is 11.3 Å². The second kappa shape index (κ2) is 3.33. The fourth-order valence-corrected chi connectivity index (χ4v) is 2.32. The third-order valence-electron chi connectivity index (χ3n) is 3.45. The molecule has 0 aromatic heterocycles. The Morgan fingerprint density at radius 1 is 1.40 bits per heavy atom. The summed E-state index contributed by atoms with van der Waals surface area (Å²) in [5, 5.41) is 0. The summed E-state index contributed by atoms with van der Waals surface area (Å²) in [6.07, 6.45) is 6.58. The van der Waals surface area contributed by atoms with Crippen molar-refractivity contribution in [3.8, 4) is 0 Å². The van der Waals surface area contributed by atoms with Crippen LogP contribution in [-0.4, -0.2) is 18.7 Å². The molecule has 3 heteroatoms. The highest BCUT2D eigenvalue weighted by Crippen LogP contribution is 2.43. The molecular formula is C12H14O3. The molecule has 15 heavy (non-hydrogen) atoms. The van der Waals surface area contributed by atoms with Gasteiger partial charge in [0.15, 0.2) is 11.5 Å². The maximum Gasteiger partial charge on any atom is 0.201 e. The summed E-state index contributed by atoms with van der Waals surface area (Å²) in [5.74, 6) is -0.0648. The van der Waals surface area contributed by atoms with Gasteiger partial charge in [0.25, 0.3) is 0 Å². The normalized spacial score (nSPS) is 34.8. The minimum atomic E-state index is -0.548. The van der Waals surface area contributed by atoms with Gasteiger partial charge >= 0.3 is 0 Å². The van der Waals surface area contributed by atoms with Crippen molar-refractivity contribution in [1.29, 1.82) is 0 Å². The minimum absolute atomic E-state index is 0.00769. The first-order valence-electron chi connectivity index (χ1n) is 5.09. The lowest BCUT2D eigenvalue weighted by Gasteiger charge is -2.38. The number of ketones is 2. The predicted molar refractivity (Wildman–Crippen MR) is 55.1 cm³/mol. The van der Waals surface area contributed by atoms with Gasteiger partial charge in [-0.15, -0.1) is 0 Å². The first kappa shape index (κ1) is 10.1. The summed E-state index contributed by atoms with van der Waals surface area (Å²) in [7, 11) is 1.43. The Bertz CT molecular complexity index is 378. The van der Waals surface area contributed by atoms with Crippen LogP contribution in [0.25, 0.3) is 0 Å². The zero-order chi connectivity index (χ0) is 11.1. The number of carbonyl (C=O) groups is 2. The van der Waals surface area contributed by atoms with E-state index in [1.807, 2.05) is 19.1 Å². The average Bonchev–Trinajstić information content (AvgIpc) is 2.24. The lowest BCUT2D eigenvalue weighted by atomic mass is 9.63. The summed E-state index contributed by atoms with van der Waals surface area (Å²) in [6.45, 7) is 1.87. The molecule has 0 amide bonds. The third kappa shape index (κ3) is 1.34. The Morgan fingerprint density at radius 3 is 2.80 bits per heavy atom. The van der Waals surface area contributed by atoms with Gasteiger partial charge in [0, 0.05) is 17.4 Å². The molecule has 0 aromatic rings. The number of hydrogen-bond donors (Lipinski definition) is 0. The summed E-state index contributed by atoms with van der Waals surface area (Å²) >= 11 is 0. The summed E-state index contributed by atoms with van der Waals surface area (Å²) in [5.41, 5.74) is -0.548. The Morgan fingerprint density at radius 2 is 2.13 bits per heavy atom. The molecule has 0 aliphatic heterocycles. The Labute approximate surface area is 88.8 Å². The SMILES string of the molecule is COC1=CC(=O)C2(C)CC=CCC2C1=O. The van der Waals surface area contributed by atoms with Crippen molar-refractivity contribution < 1.29 is 14.3 Å². The van der Waals surface area contributed by atoms with Crippen LogP contribution in [0.4, 0.5) is 0 Å². The monoisotopic (exact) mass is 206 g/mol. The standard InChI is InChI=1S/C12H14O3/c1-12-6-4-3-5-8(12)11(14)9(15-2)7-10(12)13/h3-4,7-8H,5-6H2,1-2H3. The highest BCUT2D eigenvalue weighted by atomic mass is 16.5. The molecule has 0 saturated carbocycles. The van der Waals surface area contributed by atoms with Gasteiger partial charge in [-0.1, -0.05) is 19.1 Å². The van der Waals surface area contributed by atoms with E-state index in [0.717, 1.165) is 0 Å². The molecule has 2 aliphatic carbocycles. The average molecular weight is 206 g/mol. The molecule has 3 nitrogen and oxygen atoms in total. The highest BCUT2D eigenvalue weighted by molar-refractivity contribution is 6.11. The zero-order valence-corrected chi connectivity index (χ0v) is 8.95. The zero-order valence-electron chi connectivity index (χ0n) is 8.95. The van der Waals surface area contributed by atoms with E-state index in [2.05, 4.69) is 0 Å². The van der Waals surface area contributed by atoms with Crippen LogP contribution in [-0.2, 0) is 14.3 Å². The second-order valence-corrected chi connectivity index (χ2v) is 4.32. The number of allylic oxidation sites excluding steroid dienone is 4. The van der Waals surface area contributed by atoms with E-state index in [4.69, 9.17) is 4.74 Å². The molecular weight excluding hydrogens is 192 g/mol. The molecule has 0 radical (unpaired) electrons. The lowest BCUT2D eigenvalue weighted by Crippen LogP contribution is -2.44.